The van der Waals surface area contributed by atoms with E-state index in [4.69, 9.17) is 0 Å². The van der Waals surface area contributed by atoms with E-state index in [2.05, 4.69) is 15.9 Å². The third-order valence-corrected chi connectivity index (χ3v) is 3.52. The van der Waals surface area contributed by atoms with Gasteiger partial charge >= 0.3 is 0 Å². The highest BCUT2D eigenvalue weighted by Gasteiger charge is 2.12. The second-order valence-electron chi connectivity index (χ2n) is 4.37. The lowest BCUT2D eigenvalue weighted by Crippen LogP contribution is -2.03. The molecule has 1 unspecified atom stereocenters. The van der Waals surface area contributed by atoms with Crippen molar-refractivity contribution in [3.8, 4) is 0 Å². The highest BCUT2D eigenvalue weighted by molar-refractivity contribution is 9.10. The average Bonchev–Trinajstić information content (AvgIpc) is 2.28. The van der Waals surface area contributed by atoms with Gasteiger partial charge in [-0.15, -0.1) is 0 Å². The maximum absolute atomic E-state index is 13.0. The van der Waals surface area contributed by atoms with Crippen LogP contribution in [0.1, 0.15) is 22.8 Å². The van der Waals surface area contributed by atoms with Gasteiger partial charge in [-0.2, -0.15) is 0 Å². The van der Waals surface area contributed by atoms with Crippen molar-refractivity contribution in [2.75, 3.05) is 0 Å². The van der Waals surface area contributed by atoms with Crippen LogP contribution < -0.4 is 0 Å². The molecule has 0 aliphatic rings. The van der Waals surface area contributed by atoms with E-state index in [1.54, 1.807) is 6.07 Å². The largest absolute Gasteiger partial charge is 0.388 e. The first-order valence-electron chi connectivity index (χ1n) is 5.75. The molecule has 0 aliphatic carbocycles. The van der Waals surface area contributed by atoms with Crippen LogP contribution in [0.2, 0.25) is 0 Å². The van der Waals surface area contributed by atoms with Crippen LogP contribution in [0.15, 0.2) is 46.9 Å². The second-order valence-corrected chi connectivity index (χ2v) is 5.23. The first kappa shape index (κ1) is 13.2. The van der Waals surface area contributed by atoms with Crippen LogP contribution in [-0.2, 0) is 6.42 Å². The number of hydrogen-bond acceptors (Lipinski definition) is 1. The zero-order chi connectivity index (χ0) is 13.1. The Morgan fingerprint density at radius 1 is 1.22 bits per heavy atom. The van der Waals surface area contributed by atoms with Crippen molar-refractivity contribution in [3.63, 3.8) is 0 Å². The van der Waals surface area contributed by atoms with Crippen molar-refractivity contribution in [3.05, 3.63) is 69.4 Å². The molecule has 1 nitrogen and oxygen atoms in total. The van der Waals surface area contributed by atoms with Crippen LogP contribution in [0.5, 0.6) is 0 Å². The average molecular weight is 309 g/mol. The molecule has 2 aromatic rings. The summed E-state index contributed by atoms with van der Waals surface area (Å²) < 4.78 is 13.6. The van der Waals surface area contributed by atoms with E-state index in [0.717, 1.165) is 11.1 Å². The van der Waals surface area contributed by atoms with E-state index in [1.807, 2.05) is 31.2 Å². The molecule has 3 heteroatoms. The van der Waals surface area contributed by atoms with Crippen LogP contribution in [0.3, 0.4) is 0 Å². The Hall–Kier alpha value is -1.19. The summed E-state index contributed by atoms with van der Waals surface area (Å²) in [6, 6.07) is 12.4. The van der Waals surface area contributed by atoms with E-state index in [9.17, 15) is 9.50 Å². The molecule has 1 atom stereocenters. The fourth-order valence-electron chi connectivity index (χ4n) is 1.94. The zero-order valence-corrected chi connectivity index (χ0v) is 11.6. The van der Waals surface area contributed by atoms with Gasteiger partial charge in [0.15, 0.2) is 0 Å². The molecule has 0 spiro atoms. The van der Waals surface area contributed by atoms with E-state index in [0.29, 0.717) is 16.5 Å². The summed E-state index contributed by atoms with van der Waals surface area (Å²) in [7, 11) is 0. The van der Waals surface area contributed by atoms with E-state index >= 15 is 0 Å². The lowest BCUT2D eigenvalue weighted by Gasteiger charge is -2.13. The Labute approximate surface area is 114 Å². The second kappa shape index (κ2) is 5.63. The van der Waals surface area contributed by atoms with Gasteiger partial charge in [0.05, 0.1) is 6.10 Å². The molecule has 0 fully saturated rings. The Kier molecular flexibility index (Phi) is 4.15. The van der Waals surface area contributed by atoms with Crippen molar-refractivity contribution in [2.45, 2.75) is 19.4 Å². The Balaban J connectivity index is 2.19. The van der Waals surface area contributed by atoms with E-state index < -0.39 is 6.10 Å². The number of aryl methyl sites for hydroxylation is 1. The normalized spacial score (nSPS) is 12.4. The summed E-state index contributed by atoms with van der Waals surface area (Å²) in [6.45, 7) is 2.02. The third kappa shape index (κ3) is 3.18. The zero-order valence-electron chi connectivity index (χ0n) is 10.0. The molecule has 2 aromatic carbocycles. The van der Waals surface area contributed by atoms with Crippen molar-refractivity contribution >= 4 is 15.9 Å². The Morgan fingerprint density at radius 3 is 2.67 bits per heavy atom. The van der Waals surface area contributed by atoms with Crippen LogP contribution in [-0.4, -0.2) is 5.11 Å². The quantitative estimate of drug-likeness (QED) is 0.902. The van der Waals surface area contributed by atoms with Gasteiger partial charge < -0.3 is 5.11 Å². The van der Waals surface area contributed by atoms with Crippen LogP contribution in [0.25, 0.3) is 0 Å². The van der Waals surface area contributed by atoms with Crippen LogP contribution in [0, 0.1) is 12.7 Å². The first-order valence-corrected chi connectivity index (χ1v) is 6.54. The molecule has 2 rings (SSSR count). The predicted octanol–water partition coefficient (Wildman–Crippen LogP) is 4.17. The van der Waals surface area contributed by atoms with Crippen LogP contribution in [0.4, 0.5) is 4.39 Å². The minimum Gasteiger partial charge on any atom is -0.388 e. The fraction of sp³-hybridized carbons (Fsp3) is 0.200. The van der Waals surface area contributed by atoms with E-state index in [1.165, 1.54) is 12.1 Å². The number of hydrogen-bond donors (Lipinski definition) is 1. The molecule has 0 bridgehead atoms. The number of halogens is 2. The van der Waals surface area contributed by atoms with Gasteiger partial charge in [-0.1, -0.05) is 51.8 Å². The first-order chi connectivity index (χ1) is 8.56. The molecule has 1 N–H and O–H groups in total. The SMILES string of the molecule is Cc1cccc(CC(O)c2ccc(F)cc2Br)c1. The lowest BCUT2D eigenvalue weighted by molar-refractivity contribution is 0.177. The van der Waals surface area contributed by atoms with Crippen molar-refractivity contribution < 1.29 is 9.50 Å². The third-order valence-electron chi connectivity index (χ3n) is 2.83. The molecule has 18 heavy (non-hydrogen) atoms. The van der Waals surface area contributed by atoms with Gasteiger partial charge in [-0.3, -0.25) is 0 Å². The summed E-state index contributed by atoms with van der Waals surface area (Å²) >= 11 is 3.28. The summed E-state index contributed by atoms with van der Waals surface area (Å²) in [5.74, 6) is -0.312. The molecular formula is C15H14BrFO. The van der Waals surface area contributed by atoms with Gasteiger partial charge in [0.1, 0.15) is 5.82 Å². The Bertz CT molecular complexity index is 554. The van der Waals surface area contributed by atoms with Gasteiger partial charge in [-0.25, -0.2) is 4.39 Å². The van der Waals surface area contributed by atoms with Crippen molar-refractivity contribution in [1.82, 2.24) is 0 Å². The number of aliphatic hydroxyl groups is 1. The minimum absolute atomic E-state index is 0.312. The molecule has 0 aromatic heterocycles. The number of benzene rings is 2. The highest BCUT2D eigenvalue weighted by atomic mass is 79.9. The smallest absolute Gasteiger partial charge is 0.124 e. The summed E-state index contributed by atoms with van der Waals surface area (Å²) in [6.07, 6.45) is -0.117. The van der Waals surface area contributed by atoms with Gasteiger partial charge in [0, 0.05) is 10.9 Å². The molecule has 0 amide bonds. The number of aliphatic hydroxyl groups excluding tert-OH is 1. The van der Waals surface area contributed by atoms with Gasteiger partial charge in [-0.05, 0) is 30.2 Å². The van der Waals surface area contributed by atoms with Crippen molar-refractivity contribution in [2.24, 2.45) is 0 Å². The lowest BCUT2D eigenvalue weighted by atomic mass is 10.0. The van der Waals surface area contributed by atoms with Crippen LogP contribution >= 0.6 is 15.9 Å². The maximum atomic E-state index is 13.0. The standard InChI is InChI=1S/C15H14BrFO/c1-10-3-2-4-11(7-10)8-15(18)13-6-5-12(17)9-14(13)16/h2-7,9,15,18H,8H2,1H3. The molecule has 0 aliphatic heterocycles. The molecule has 0 saturated heterocycles. The monoisotopic (exact) mass is 308 g/mol. The fourth-order valence-corrected chi connectivity index (χ4v) is 2.56. The number of rotatable bonds is 3. The Morgan fingerprint density at radius 2 is 2.00 bits per heavy atom. The highest BCUT2D eigenvalue weighted by Crippen LogP contribution is 2.27. The summed E-state index contributed by atoms with van der Waals surface area (Å²) in [5, 5.41) is 10.2. The summed E-state index contributed by atoms with van der Waals surface area (Å²) in [5.41, 5.74) is 2.94. The van der Waals surface area contributed by atoms with Crippen molar-refractivity contribution in [1.29, 1.82) is 0 Å². The van der Waals surface area contributed by atoms with Gasteiger partial charge in [0.25, 0.3) is 0 Å². The molecule has 94 valence electrons. The molecule has 0 radical (unpaired) electrons. The van der Waals surface area contributed by atoms with Gasteiger partial charge in [0.2, 0.25) is 0 Å². The topological polar surface area (TPSA) is 20.2 Å². The maximum Gasteiger partial charge on any atom is 0.124 e. The minimum atomic E-state index is -0.637. The van der Waals surface area contributed by atoms with E-state index in [-0.39, 0.29) is 5.82 Å². The predicted molar refractivity (Wildman–Crippen MR) is 73.9 cm³/mol. The molecule has 0 saturated carbocycles. The molecular weight excluding hydrogens is 295 g/mol. The summed E-state index contributed by atoms with van der Waals surface area (Å²) in [4.78, 5) is 0. The molecule has 0 heterocycles.